The number of aryl methyl sites for hydroxylation is 3. The summed E-state index contributed by atoms with van der Waals surface area (Å²) in [5.41, 5.74) is 2.25. The van der Waals surface area contributed by atoms with Gasteiger partial charge in [0.25, 0.3) is 9.05 Å². The van der Waals surface area contributed by atoms with Crippen molar-refractivity contribution in [3.8, 4) is 5.75 Å². The molecule has 1 aromatic heterocycles. The van der Waals surface area contributed by atoms with Crippen molar-refractivity contribution in [2.75, 3.05) is 0 Å². The first-order chi connectivity index (χ1) is 9.27. The lowest BCUT2D eigenvalue weighted by molar-refractivity contribution is 0.295. The molecule has 0 saturated heterocycles. The molecule has 0 radical (unpaired) electrons. The molecule has 2 aromatic rings. The van der Waals surface area contributed by atoms with Crippen LogP contribution in [0.2, 0.25) is 0 Å². The van der Waals surface area contributed by atoms with Crippen molar-refractivity contribution in [1.82, 2.24) is 9.78 Å². The normalized spacial score (nSPS) is 11.6. The zero-order valence-electron chi connectivity index (χ0n) is 11.4. The Kier molecular flexibility index (Phi) is 4.06. The molecule has 1 heterocycles. The summed E-state index contributed by atoms with van der Waals surface area (Å²) in [5, 5.41) is 4.22. The van der Waals surface area contributed by atoms with Gasteiger partial charge in [-0.3, -0.25) is 4.68 Å². The maximum atomic E-state index is 11.3. The molecule has 0 unspecified atom stereocenters. The first kappa shape index (κ1) is 14.9. The Morgan fingerprint density at radius 1 is 1.30 bits per heavy atom. The van der Waals surface area contributed by atoms with E-state index in [0.717, 1.165) is 16.8 Å². The zero-order chi connectivity index (χ0) is 14.9. The molecule has 0 aliphatic heterocycles. The minimum absolute atomic E-state index is 0.0827. The van der Waals surface area contributed by atoms with Gasteiger partial charge >= 0.3 is 0 Å². The van der Waals surface area contributed by atoms with Crippen LogP contribution in [0.25, 0.3) is 0 Å². The third-order valence-corrected chi connectivity index (χ3v) is 4.18. The Balaban J connectivity index is 2.25. The predicted molar refractivity (Wildman–Crippen MR) is 76.5 cm³/mol. The molecule has 0 aliphatic rings. The van der Waals surface area contributed by atoms with Gasteiger partial charge < -0.3 is 4.74 Å². The molecular weight excluding hydrogens is 300 g/mol. The molecule has 0 atom stereocenters. The molecule has 1 aromatic carbocycles. The van der Waals surface area contributed by atoms with E-state index in [2.05, 4.69) is 5.10 Å². The molecule has 0 aliphatic carbocycles. The molecule has 0 fully saturated rings. The second-order valence-electron chi connectivity index (χ2n) is 4.59. The maximum absolute atomic E-state index is 11.3. The van der Waals surface area contributed by atoms with Gasteiger partial charge in [-0.05, 0) is 43.2 Å². The Bertz CT molecular complexity index is 715. The summed E-state index contributed by atoms with van der Waals surface area (Å²) in [6, 6.07) is 4.87. The fraction of sp³-hybridized carbons (Fsp3) is 0.308. The summed E-state index contributed by atoms with van der Waals surface area (Å²) in [7, 11) is 3.46. The summed E-state index contributed by atoms with van der Waals surface area (Å²) in [6.45, 7) is 3.90. The molecule has 108 valence electrons. The van der Waals surface area contributed by atoms with Crippen molar-refractivity contribution in [3.63, 3.8) is 0 Å². The summed E-state index contributed by atoms with van der Waals surface area (Å²) in [6.07, 6.45) is 1.83. The van der Waals surface area contributed by atoms with E-state index in [1.54, 1.807) is 18.5 Å². The number of nitrogens with zero attached hydrogens (tertiary/aromatic N) is 2. The van der Waals surface area contributed by atoms with Crippen LogP contribution in [0.5, 0.6) is 5.75 Å². The molecule has 0 bridgehead atoms. The molecular formula is C13H15ClN2O3S. The van der Waals surface area contributed by atoms with Gasteiger partial charge in [-0.1, -0.05) is 0 Å². The SMILES string of the molecule is Cc1cc(S(=O)(=O)Cl)cc(C)c1OCc1ccn(C)n1. The average molecular weight is 315 g/mol. The first-order valence-corrected chi connectivity index (χ1v) is 8.25. The Morgan fingerprint density at radius 3 is 2.35 bits per heavy atom. The molecule has 0 saturated carbocycles. The Morgan fingerprint density at radius 2 is 1.90 bits per heavy atom. The van der Waals surface area contributed by atoms with E-state index in [9.17, 15) is 8.42 Å². The molecule has 7 heteroatoms. The summed E-state index contributed by atoms with van der Waals surface area (Å²) in [4.78, 5) is 0.0827. The number of rotatable bonds is 4. The Hall–Kier alpha value is -1.53. The van der Waals surface area contributed by atoms with Gasteiger partial charge in [-0.15, -0.1) is 0 Å². The third kappa shape index (κ3) is 3.32. The number of hydrogen-bond donors (Lipinski definition) is 0. The van der Waals surface area contributed by atoms with Crippen LogP contribution in [0.4, 0.5) is 0 Å². The minimum Gasteiger partial charge on any atom is -0.487 e. The van der Waals surface area contributed by atoms with Crippen LogP contribution in [0.3, 0.4) is 0 Å². The molecule has 0 spiro atoms. The smallest absolute Gasteiger partial charge is 0.261 e. The number of ether oxygens (including phenoxy) is 1. The maximum Gasteiger partial charge on any atom is 0.261 e. The van der Waals surface area contributed by atoms with Gasteiger partial charge in [-0.2, -0.15) is 5.10 Å². The quantitative estimate of drug-likeness (QED) is 0.814. The number of benzene rings is 1. The van der Waals surface area contributed by atoms with E-state index in [-0.39, 0.29) is 4.90 Å². The van der Waals surface area contributed by atoms with Gasteiger partial charge in [0.2, 0.25) is 0 Å². The first-order valence-electron chi connectivity index (χ1n) is 5.94. The van der Waals surface area contributed by atoms with Gasteiger partial charge in [0.15, 0.2) is 0 Å². The second kappa shape index (κ2) is 5.46. The second-order valence-corrected chi connectivity index (χ2v) is 7.16. The lowest BCUT2D eigenvalue weighted by Crippen LogP contribution is -2.02. The van der Waals surface area contributed by atoms with Gasteiger partial charge in [0, 0.05) is 23.9 Å². The highest BCUT2D eigenvalue weighted by atomic mass is 35.7. The summed E-state index contributed by atoms with van der Waals surface area (Å²) < 4.78 is 30.1. The predicted octanol–water partition coefficient (Wildman–Crippen LogP) is 2.54. The minimum atomic E-state index is -3.73. The lowest BCUT2D eigenvalue weighted by Gasteiger charge is -2.12. The fourth-order valence-electron chi connectivity index (χ4n) is 1.97. The highest BCUT2D eigenvalue weighted by molar-refractivity contribution is 8.13. The van der Waals surface area contributed by atoms with Crippen LogP contribution in [-0.4, -0.2) is 18.2 Å². The van der Waals surface area contributed by atoms with Crippen molar-refractivity contribution < 1.29 is 13.2 Å². The van der Waals surface area contributed by atoms with E-state index in [0.29, 0.717) is 12.4 Å². The van der Waals surface area contributed by atoms with Crippen LogP contribution < -0.4 is 4.74 Å². The van der Waals surface area contributed by atoms with Crippen molar-refractivity contribution in [2.45, 2.75) is 25.3 Å². The van der Waals surface area contributed by atoms with E-state index in [1.165, 1.54) is 12.1 Å². The molecule has 5 nitrogen and oxygen atoms in total. The van der Waals surface area contributed by atoms with Gasteiger partial charge in [-0.25, -0.2) is 8.42 Å². The highest BCUT2D eigenvalue weighted by Crippen LogP contribution is 2.28. The van der Waals surface area contributed by atoms with E-state index >= 15 is 0 Å². The highest BCUT2D eigenvalue weighted by Gasteiger charge is 2.15. The molecule has 20 heavy (non-hydrogen) atoms. The van der Waals surface area contributed by atoms with Crippen LogP contribution in [-0.2, 0) is 22.7 Å². The lowest BCUT2D eigenvalue weighted by atomic mass is 10.1. The standard InChI is InChI=1S/C13H15ClN2O3S/c1-9-6-12(20(14,17)18)7-10(2)13(9)19-8-11-4-5-16(3)15-11/h4-7H,8H2,1-3H3. The van der Waals surface area contributed by atoms with Crippen molar-refractivity contribution in [1.29, 1.82) is 0 Å². The monoisotopic (exact) mass is 314 g/mol. The van der Waals surface area contributed by atoms with E-state index < -0.39 is 9.05 Å². The van der Waals surface area contributed by atoms with Crippen molar-refractivity contribution in [3.05, 3.63) is 41.2 Å². The van der Waals surface area contributed by atoms with E-state index in [4.69, 9.17) is 15.4 Å². The van der Waals surface area contributed by atoms with Crippen LogP contribution in [0.1, 0.15) is 16.8 Å². The molecule has 2 rings (SSSR count). The topological polar surface area (TPSA) is 61.2 Å². The van der Waals surface area contributed by atoms with Gasteiger partial charge in [0.1, 0.15) is 12.4 Å². The molecule has 0 amide bonds. The van der Waals surface area contributed by atoms with Crippen LogP contribution in [0, 0.1) is 13.8 Å². The van der Waals surface area contributed by atoms with Crippen LogP contribution >= 0.6 is 10.7 Å². The average Bonchev–Trinajstić information content (AvgIpc) is 2.72. The van der Waals surface area contributed by atoms with Crippen molar-refractivity contribution >= 4 is 19.7 Å². The number of halogens is 1. The fourth-order valence-corrected chi connectivity index (χ4v) is 2.87. The van der Waals surface area contributed by atoms with Crippen LogP contribution in [0.15, 0.2) is 29.3 Å². The summed E-state index contributed by atoms with van der Waals surface area (Å²) >= 11 is 0. The van der Waals surface area contributed by atoms with Gasteiger partial charge in [0.05, 0.1) is 10.6 Å². The largest absolute Gasteiger partial charge is 0.487 e. The molecule has 0 N–H and O–H groups in total. The van der Waals surface area contributed by atoms with Crippen molar-refractivity contribution in [2.24, 2.45) is 7.05 Å². The number of aromatic nitrogens is 2. The zero-order valence-corrected chi connectivity index (χ0v) is 13.0. The third-order valence-electron chi connectivity index (χ3n) is 2.85. The number of hydrogen-bond acceptors (Lipinski definition) is 4. The Labute approximate surface area is 122 Å². The van der Waals surface area contributed by atoms with E-state index in [1.807, 2.05) is 19.3 Å². The summed E-state index contributed by atoms with van der Waals surface area (Å²) in [5.74, 6) is 0.653.